The number of benzene rings is 1. The molecular weight excluding hydrogens is 244 g/mol. The molecule has 96 valence electrons. The molecule has 1 fully saturated rings. The van der Waals surface area contributed by atoms with E-state index in [0.717, 1.165) is 17.0 Å². The maximum Gasteiger partial charge on any atom is 0.407 e. The summed E-state index contributed by atoms with van der Waals surface area (Å²) in [6, 6.07) is 1.66. The lowest BCUT2D eigenvalue weighted by Crippen LogP contribution is -2.39. The first-order chi connectivity index (χ1) is 8.49. The molecule has 0 spiro atoms. The van der Waals surface area contributed by atoms with Crippen molar-refractivity contribution in [2.45, 2.75) is 18.9 Å². The number of carboxylic acid groups (broad SMARTS) is 1. The van der Waals surface area contributed by atoms with Gasteiger partial charge >= 0.3 is 6.09 Å². The van der Waals surface area contributed by atoms with Gasteiger partial charge in [0.1, 0.15) is 11.6 Å². The van der Waals surface area contributed by atoms with Gasteiger partial charge < -0.3 is 5.11 Å². The highest BCUT2D eigenvalue weighted by atomic mass is 19.1. The van der Waals surface area contributed by atoms with E-state index in [1.807, 2.05) is 0 Å². The van der Waals surface area contributed by atoms with Crippen LogP contribution in [-0.4, -0.2) is 34.5 Å². The topological polar surface area (TPSA) is 57.6 Å². The van der Waals surface area contributed by atoms with E-state index in [2.05, 4.69) is 0 Å². The number of likely N-dealkylation sites (tertiary alicyclic amines) is 1. The second-order valence-electron chi connectivity index (χ2n) is 4.16. The van der Waals surface area contributed by atoms with Crippen molar-refractivity contribution in [1.29, 1.82) is 0 Å². The van der Waals surface area contributed by atoms with Crippen LogP contribution in [0.15, 0.2) is 18.2 Å². The Bertz CT molecular complexity index is 484. The zero-order valence-electron chi connectivity index (χ0n) is 9.40. The molecule has 1 atom stereocenters. The van der Waals surface area contributed by atoms with Gasteiger partial charge in [0.25, 0.3) is 0 Å². The molecule has 0 unspecified atom stereocenters. The Morgan fingerprint density at radius 1 is 1.22 bits per heavy atom. The van der Waals surface area contributed by atoms with Crippen LogP contribution >= 0.6 is 0 Å². The van der Waals surface area contributed by atoms with Crippen molar-refractivity contribution in [1.82, 2.24) is 4.90 Å². The number of hydrogen-bond acceptors (Lipinski definition) is 2. The van der Waals surface area contributed by atoms with E-state index < -0.39 is 29.6 Å². The molecule has 4 nitrogen and oxygen atoms in total. The normalized spacial score (nSPS) is 19.0. The molecule has 1 aliphatic heterocycles. The number of Topliss-reactive ketones (excluding diaryl/α,β-unsaturated/α-hetero) is 1. The Morgan fingerprint density at radius 3 is 2.39 bits per heavy atom. The largest absolute Gasteiger partial charge is 0.465 e. The molecule has 1 N–H and O–H groups in total. The lowest BCUT2D eigenvalue weighted by atomic mass is 10.0. The maximum atomic E-state index is 13.0. The maximum absolute atomic E-state index is 13.0. The third-order valence-electron chi connectivity index (χ3n) is 2.95. The number of carbonyl (C=O) groups excluding carboxylic acids is 1. The highest BCUT2D eigenvalue weighted by Crippen LogP contribution is 2.22. The zero-order valence-corrected chi connectivity index (χ0v) is 9.40. The number of rotatable bonds is 2. The molecule has 0 saturated carbocycles. The molecular formula is C12H11F2NO3. The molecule has 1 aromatic rings. The summed E-state index contributed by atoms with van der Waals surface area (Å²) >= 11 is 0. The van der Waals surface area contributed by atoms with E-state index in [9.17, 15) is 18.4 Å². The monoisotopic (exact) mass is 255 g/mol. The summed E-state index contributed by atoms with van der Waals surface area (Å²) in [5.74, 6) is -2.26. The third-order valence-corrected chi connectivity index (χ3v) is 2.95. The van der Waals surface area contributed by atoms with Crippen LogP contribution in [0.1, 0.15) is 23.2 Å². The SMILES string of the molecule is O=C(c1cc(F)cc(F)c1)[C@@H]1CCCN1C(=O)O. The average molecular weight is 255 g/mol. The minimum atomic E-state index is -1.19. The minimum absolute atomic E-state index is 0.134. The first kappa shape index (κ1) is 12.5. The van der Waals surface area contributed by atoms with E-state index in [1.54, 1.807) is 0 Å². The Kier molecular flexibility index (Phi) is 3.27. The van der Waals surface area contributed by atoms with Crippen LogP contribution < -0.4 is 0 Å². The van der Waals surface area contributed by atoms with Crippen LogP contribution in [0.3, 0.4) is 0 Å². The predicted molar refractivity (Wildman–Crippen MR) is 58.4 cm³/mol. The van der Waals surface area contributed by atoms with Gasteiger partial charge in [0.05, 0.1) is 6.04 Å². The summed E-state index contributed by atoms with van der Waals surface area (Å²) in [5, 5.41) is 8.91. The van der Waals surface area contributed by atoms with Gasteiger partial charge in [-0.3, -0.25) is 9.69 Å². The number of nitrogens with zero attached hydrogens (tertiary/aromatic N) is 1. The molecule has 1 aliphatic rings. The Labute approximate surface area is 102 Å². The van der Waals surface area contributed by atoms with Crippen LogP contribution in [0.25, 0.3) is 0 Å². The van der Waals surface area contributed by atoms with E-state index >= 15 is 0 Å². The van der Waals surface area contributed by atoms with Crippen LogP contribution in [0, 0.1) is 11.6 Å². The lowest BCUT2D eigenvalue weighted by Gasteiger charge is -2.20. The standard InChI is InChI=1S/C12H11F2NO3/c13-8-4-7(5-9(14)6-8)11(16)10-2-1-3-15(10)12(17)18/h4-6,10H,1-3H2,(H,17,18)/t10-/m0/s1. The van der Waals surface area contributed by atoms with Crippen LogP contribution in [0.5, 0.6) is 0 Å². The van der Waals surface area contributed by atoms with Gasteiger partial charge in [-0.15, -0.1) is 0 Å². The molecule has 1 amide bonds. The molecule has 0 aromatic heterocycles. The summed E-state index contributed by atoms with van der Waals surface area (Å²) in [7, 11) is 0. The van der Waals surface area contributed by atoms with Gasteiger partial charge in [-0.2, -0.15) is 0 Å². The van der Waals surface area contributed by atoms with E-state index in [4.69, 9.17) is 5.11 Å². The second-order valence-corrected chi connectivity index (χ2v) is 4.16. The zero-order chi connectivity index (χ0) is 13.3. The second kappa shape index (κ2) is 4.72. The average Bonchev–Trinajstić information content (AvgIpc) is 2.75. The molecule has 6 heteroatoms. The van der Waals surface area contributed by atoms with Crippen molar-refractivity contribution >= 4 is 11.9 Å². The van der Waals surface area contributed by atoms with Gasteiger partial charge in [-0.1, -0.05) is 0 Å². The molecule has 18 heavy (non-hydrogen) atoms. The van der Waals surface area contributed by atoms with Gasteiger partial charge in [-0.25, -0.2) is 13.6 Å². The van der Waals surface area contributed by atoms with Crippen molar-refractivity contribution in [3.05, 3.63) is 35.4 Å². The van der Waals surface area contributed by atoms with E-state index in [1.165, 1.54) is 0 Å². The summed E-state index contributed by atoms with van der Waals surface area (Å²) in [4.78, 5) is 23.9. The number of amides is 1. The highest BCUT2D eigenvalue weighted by molar-refractivity contribution is 6.01. The molecule has 1 aromatic carbocycles. The predicted octanol–water partition coefficient (Wildman–Crippen LogP) is 2.29. The van der Waals surface area contributed by atoms with Gasteiger partial charge in [0, 0.05) is 18.2 Å². The number of carbonyl (C=O) groups is 2. The molecule has 0 bridgehead atoms. The number of ketones is 1. The first-order valence-electron chi connectivity index (χ1n) is 5.49. The van der Waals surface area contributed by atoms with Crippen molar-refractivity contribution in [2.75, 3.05) is 6.54 Å². The molecule has 0 radical (unpaired) electrons. The summed E-state index contributed by atoms with van der Waals surface area (Å²) in [5.41, 5.74) is -0.134. The molecule has 1 heterocycles. The number of hydrogen-bond donors (Lipinski definition) is 1. The van der Waals surface area contributed by atoms with Gasteiger partial charge in [0.2, 0.25) is 0 Å². The fourth-order valence-electron chi connectivity index (χ4n) is 2.16. The summed E-state index contributed by atoms with van der Waals surface area (Å²) < 4.78 is 26.0. The Balaban J connectivity index is 2.28. The third kappa shape index (κ3) is 2.32. The van der Waals surface area contributed by atoms with Gasteiger partial charge in [-0.05, 0) is 25.0 Å². The summed E-state index contributed by atoms with van der Waals surface area (Å²) in [6.07, 6.45) is -0.244. The summed E-state index contributed by atoms with van der Waals surface area (Å²) in [6.45, 7) is 0.267. The van der Waals surface area contributed by atoms with Crippen LogP contribution in [0.4, 0.5) is 13.6 Å². The van der Waals surface area contributed by atoms with Crippen LogP contribution in [-0.2, 0) is 0 Å². The molecule has 0 aliphatic carbocycles. The first-order valence-corrected chi connectivity index (χ1v) is 5.49. The van der Waals surface area contributed by atoms with Crippen LogP contribution in [0.2, 0.25) is 0 Å². The molecule has 1 saturated heterocycles. The fraction of sp³-hybridized carbons (Fsp3) is 0.333. The van der Waals surface area contributed by atoms with Crippen molar-refractivity contribution < 1.29 is 23.5 Å². The molecule has 2 rings (SSSR count). The van der Waals surface area contributed by atoms with E-state index in [0.29, 0.717) is 18.9 Å². The van der Waals surface area contributed by atoms with Gasteiger partial charge in [0.15, 0.2) is 5.78 Å². The Morgan fingerprint density at radius 2 is 1.83 bits per heavy atom. The van der Waals surface area contributed by atoms with Crippen molar-refractivity contribution in [3.8, 4) is 0 Å². The van der Waals surface area contributed by atoms with E-state index in [-0.39, 0.29) is 12.1 Å². The highest BCUT2D eigenvalue weighted by Gasteiger charge is 2.34. The minimum Gasteiger partial charge on any atom is -0.465 e. The van der Waals surface area contributed by atoms with Crippen molar-refractivity contribution in [3.63, 3.8) is 0 Å². The Hall–Kier alpha value is -1.98. The smallest absolute Gasteiger partial charge is 0.407 e. The number of halogens is 2. The quantitative estimate of drug-likeness (QED) is 0.825. The fourth-order valence-corrected chi connectivity index (χ4v) is 2.16. The van der Waals surface area contributed by atoms with Crippen molar-refractivity contribution in [2.24, 2.45) is 0 Å². The lowest BCUT2D eigenvalue weighted by molar-refractivity contribution is 0.0844.